The van der Waals surface area contributed by atoms with Gasteiger partial charge in [-0.1, -0.05) is 45.4 Å². The number of hydrogen-bond donors (Lipinski definition) is 1. The van der Waals surface area contributed by atoms with Gasteiger partial charge in [-0.05, 0) is 37.5 Å². The molecule has 0 saturated heterocycles. The van der Waals surface area contributed by atoms with Crippen LogP contribution < -0.4 is 0 Å². The van der Waals surface area contributed by atoms with E-state index < -0.39 is 5.41 Å². The Morgan fingerprint density at radius 2 is 1.94 bits per heavy atom. The average Bonchev–Trinajstić information content (AvgIpc) is 2.47. The molecule has 0 bridgehead atoms. The minimum atomic E-state index is -0.430. The van der Waals surface area contributed by atoms with Crippen LogP contribution in [0.25, 0.3) is 0 Å². The van der Waals surface area contributed by atoms with Gasteiger partial charge < -0.3 is 5.11 Å². The Morgan fingerprint density at radius 3 is 2.56 bits per heavy atom. The van der Waals surface area contributed by atoms with Crippen molar-refractivity contribution in [3.8, 4) is 6.07 Å². The van der Waals surface area contributed by atoms with Gasteiger partial charge in [0.05, 0.1) is 17.6 Å². The van der Waals surface area contributed by atoms with Gasteiger partial charge in [0, 0.05) is 0 Å². The monoisotopic (exact) mass is 249 g/mol. The molecule has 3 unspecified atom stereocenters. The molecule has 2 aliphatic rings. The first-order chi connectivity index (χ1) is 8.72. The molecule has 102 valence electrons. The lowest BCUT2D eigenvalue weighted by atomic mass is 9.62. The van der Waals surface area contributed by atoms with Crippen molar-refractivity contribution in [2.75, 3.05) is 0 Å². The fourth-order valence-corrected chi connectivity index (χ4v) is 4.11. The van der Waals surface area contributed by atoms with Crippen molar-refractivity contribution in [2.24, 2.45) is 17.3 Å². The summed E-state index contributed by atoms with van der Waals surface area (Å²) >= 11 is 0. The quantitative estimate of drug-likeness (QED) is 0.820. The molecule has 2 nitrogen and oxygen atoms in total. The molecule has 2 aliphatic carbocycles. The summed E-state index contributed by atoms with van der Waals surface area (Å²) < 4.78 is 0. The minimum absolute atomic E-state index is 0.378. The Kier molecular flexibility index (Phi) is 4.67. The highest BCUT2D eigenvalue weighted by Gasteiger charge is 2.45. The molecule has 2 rings (SSSR count). The van der Waals surface area contributed by atoms with Crippen molar-refractivity contribution in [2.45, 2.75) is 77.2 Å². The lowest BCUT2D eigenvalue weighted by molar-refractivity contribution is -0.0305. The lowest BCUT2D eigenvalue weighted by Gasteiger charge is -2.42. The standard InChI is InChI=1S/C16H27NO/c1-2-13-7-6-10-16(11-13,12-17)15(18)14-8-4-3-5-9-14/h13-15,18H,2-11H2,1H3. The van der Waals surface area contributed by atoms with Gasteiger partial charge in [-0.25, -0.2) is 0 Å². The molecule has 0 aromatic heterocycles. The summed E-state index contributed by atoms with van der Waals surface area (Å²) in [6.45, 7) is 2.21. The molecular formula is C16H27NO. The smallest absolute Gasteiger partial charge is 0.0837 e. The van der Waals surface area contributed by atoms with Crippen LogP contribution in [0.15, 0.2) is 0 Å². The zero-order valence-corrected chi connectivity index (χ0v) is 11.7. The van der Waals surface area contributed by atoms with Crippen LogP contribution in [-0.4, -0.2) is 11.2 Å². The predicted molar refractivity (Wildman–Crippen MR) is 72.9 cm³/mol. The van der Waals surface area contributed by atoms with E-state index in [1.54, 1.807) is 0 Å². The average molecular weight is 249 g/mol. The number of nitrogens with zero attached hydrogens (tertiary/aromatic N) is 1. The molecule has 2 heteroatoms. The van der Waals surface area contributed by atoms with Crippen LogP contribution in [0.5, 0.6) is 0 Å². The second-order valence-corrected chi connectivity index (χ2v) is 6.48. The first-order valence-corrected chi connectivity index (χ1v) is 7.81. The van der Waals surface area contributed by atoms with Gasteiger partial charge in [0.2, 0.25) is 0 Å². The SMILES string of the molecule is CCC1CCCC(C#N)(C(O)C2CCCCC2)C1. The van der Waals surface area contributed by atoms with E-state index >= 15 is 0 Å². The summed E-state index contributed by atoms with van der Waals surface area (Å²) in [5.41, 5.74) is -0.430. The van der Waals surface area contributed by atoms with Gasteiger partial charge in [-0.3, -0.25) is 0 Å². The van der Waals surface area contributed by atoms with Crippen LogP contribution in [0.1, 0.15) is 71.1 Å². The summed E-state index contributed by atoms with van der Waals surface area (Å²) in [6, 6.07) is 2.53. The van der Waals surface area contributed by atoms with Gasteiger partial charge in [-0.2, -0.15) is 5.26 Å². The highest BCUT2D eigenvalue weighted by Crippen LogP contribution is 2.46. The van der Waals surface area contributed by atoms with Crippen LogP contribution in [0.2, 0.25) is 0 Å². The molecule has 2 saturated carbocycles. The maximum Gasteiger partial charge on any atom is 0.0837 e. The summed E-state index contributed by atoms with van der Waals surface area (Å²) in [5.74, 6) is 1.03. The summed E-state index contributed by atoms with van der Waals surface area (Å²) in [4.78, 5) is 0. The first-order valence-electron chi connectivity index (χ1n) is 7.81. The molecule has 3 atom stereocenters. The van der Waals surface area contributed by atoms with Gasteiger partial charge in [0.15, 0.2) is 0 Å². The van der Waals surface area contributed by atoms with E-state index in [2.05, 4.69) is 13.0 Å². The van der Waals surface area contributed by atoms with E-state index in [0.29, 0.717) is 11.8 Å². The van der Waals surface area contributed by atoms with Gasteiger partial charge in [-0.15, -0.1) is 0 Å². The molecule has 0 heterocycles. The van der Waals surface area contributed by atoms with Crippen LogP contribution in [-0.2, 0) is 0 Å². The fourth-order valence-electron chi connectivity index (χ4n) is 4.11. The maximum absolute atomic E-state index is 10.7. The number of aliphatic hydroxyl groups excluding tert-OH is 1. The number of aliphatic hydroxyl groups is 1. The molecule has 0 radical (unpaired) electrons. The second-order valence-electron chi connectivity index (χ2n) is 6.48. The lowest BCUT2D eigenvalue weighted by Crippen LogP contribution is -2.43. The topological polar surface area (TPSA) is 44.0 Å². The zero-order valence-electron chi connectivity index (χ0n) is 11.7. The molecule has 2 fully saturated rings. The number of hydrogen-bond acceptors (Lipinski definition) is 2. The number of rotatable bonds is 3. The Bertz CT molecular complexity index is 303. The van der Waals surface area contributed by atoms with Gasteiger partial charge >= 0.3 is 0 Å². The third-order valence-corrected chi connectivity index (χ3v) is 5.35. The van der Waals surface area contributed by atoms with Crippen molar-refractivity contribution in [1.82, 2.24) is 0 Å². The third kappa shape index (κ3) is 2.72. The van der Waals surface area contributed by atoms with E-state index in [-0.39, 0.29) is 6.10 Å². The summed E-state index contributed by atoms with van der Waals surface area (Å²) in [5, 5.41) is 20.4. The van der Waals surface area contributed by atoms with Crippen LogP contribution in [0.4, 0.5) is 0 Å². The van der Waals surface area contributed by atoms with Crippen LogP contribution in [0, 0.1) is 28.6 Å². The normalized spacial score (nSPS) is 35.9. The Balaban J connectivity index is 2.08. The maximum atomic E-state index is 10.7. The highest BCUT2D eigenvalue weighted by atomic mass is 16.3. The van der Waals surface area contributed by atoms with E-state index in [9.17, 15) is 10.4 Å². The van der Waals surface area contributed by atoms with Crippen molar-refractivity contribution in [3.05, 3.63) is 0 Å². The van der Waals surface area contributed by atoms with E-state index in [1.807, 2.05) is 0 Å². The van der Waals surface area contributed by atoms with Crippen molar-refractivity contribution in [3.63, 3.8) is 0 Å². The molecule has 0 spiro atoms. The molecular weight excluding hydrogens is 222 g/mol. The van der Waals surface area contributed by atoms with Crippen LogP contribution in [0.3, 0.4) is 0 Å². The van der Waals surface area contributed by atoms with Crippen molar-refractivity contribution >= 4 is 0 Å². The minimum Gasteiger partial charge on any atom is -0.391 e. The molecule has 0 amide bonds. The summed E-state index contributed by atoms with van der Waals surface area (Å²) in [6.07, 6.45) is 11.0. The first kappa shape index (κ1) is 13.9. The van der Waals surface area contributed by atoms with E-state index in [1.165, 1.54) is 25.7 Å². The van der Waals surface area contributed by atoms with Gasteiger partial charge in [0.25, 0.3) is 0 Å². The third-order valence-electron chi connectivity index (χ3n) is 5.35. The molecule has 18 heavy (non-hydrogen) atoms. The molecule has 0 aromatic carbocycles. The van der Waals surface area contributed by atoms with Crippen LogP contribution >= 0.6 is 0 Å². The number of nitriles is 1. The fraction of sp³-hybridized carbons (Fsp3) is 0.938. The zero-order chi connectivity index (χ0) is 13.0. The summed E-state index contributed by atoms with van der Waals surface area (Å²) in [7, 11) is 0. The molecule has 0 aromatic rings. The van der Waals surface area contributed by atoms with Crippen molar-refractivity contribution < 1.29 is 5.11 Å². The Hall–Kier alpha value is -0.550. The molecule has 0 aliphatic heterocycles. The van der Waals surface area contributed by atoms with Gasteiger partial charge in [0.1, 0.15) is 0 Å². The second kappa shape index (κ2) is 6.06. The Labute approximate surface area is 111 Å². The van der Waals surface area contributed by atoms with Crippen molar-refractivity contribution in [1.29, 1.82) is 5.26 Å². The van der Waals surface area contributed by atoms with E-state index in [4.69, 9.17) is 0 Å². The predicted octanol–water partition coefficient (Wildman–Crippen LogP) is 4.04. The highest BCUT2D eigenvalue weighted by molar-refractivity contribution is 5.08. The Morgan fingerprint density at radius 1 is 1.22 bits per heavy atom. The van der Waals surface area contributed by atoms with E-state index in [0.717, 1.165) is 38.5 Å². The largest absolute Gasteiger partial charge is 0.391 e. The molecule has 1 N–H and O–H groups in total.